The van der Waals surface area contributed by atoms with Crippen LogP contribution in [0.2, 0.25) is 0 Å². The SMILES string of the molecule is CCOC(=O)C1=C(C)NC(SCC(=O)O)=N[C@@H]1c1ccccc1OCC. The lowest BCUT2D eigenvalue weighted by Crippen LogP contribution is -2.31. The maximum absolute atomic E-state index is 12.5. The quantitative estimate of drug-likeness (QED) is 0.704. The van der Waals surface area contributed by atoms with Crippen LogP contribution in [-0.2, 0) is 14.3 Å². The molecule has 2 N–H and O–H groups in total. The van der Waals surface area contributed by atoms with Crippen LogP contribution in [0.1, 0.15) is 32.4 Å². The molecule has 1 heterocycles. The Balaban J connectivity index is 2.47. The van der Waals surface area contributed by atoms with Gasteiger partial charge in [0.15, 0.2) is 5.17 Å². The molecule has 0 radical (unpaired) electrons. The molecule has 0 aromatic heterocycles. The second-order valence-electron chi connectivity index (χ2n) is 5.37. The summed E-state index contributed by atoms with van der Waals surface area (Å²) < 4.78 is 10.9. The Hall–Kier alpha value is -2.48. The third-order valence-corrected chi connectivity index (χ3v) is 4.43. The van der Waals surface area contributed by atoms with E-state index in [1.54, 1.807) is 13.8 Å². The Labute approximate surface area is 156 Å². The average molecular weight is 378 g/mol. The van der Waals surface area contributed by atoms with E-state index in [0.717, 1.165) is 17.3 Å². The number of carbonyl (C=O) groups is 2. The molecule has 140 valence electrons. The number of ether oxygens (including phenoxy) is 2. The molecule has 0 bridgehead atoms. The van der Waals surface area contributed by atoms with Gasteiger partial charge in [0.2, 0.25) is 0 Å². The molecule has 2 rings (SSSR count). The Morgan fingerprint density at radius 3 is 2.65 bits per heavy atom. The number of aliphatic carboxylic acids is 1. The topological polar surface area (TPSA) is 97.2 Å². The van der Waals surface area contributed by atoms with Crippen molar-refractivity contribution in [2.24, 2.45) is 4.99 Å². The van der Waals surface area contributed by atoms with E-state index in [0.29, 0.717) is 28.8 Å². The number of thioether (sulfide) groups is 1. The molecule has 0 fully saturated rings. The van der Waals surface area contributed by atoms with Gasteiger partial charge in [0, 0.05) is 11.3 Å². The van der Waals surface area contributed by atoms with Crippen LogP contribution in [0.25, 0.3) is 0 Å². The highest BCUT2D eigenvalue weighted by Gasteiger charge is 2.32. The number of carbonyl (C=O) groups excluding carboxylic acids is 1. The lowest BCUT2D eigenvalue weighted by molar-refractivity contribution is -0.139. The molecule has 0 aliphatic carbocycles. The predicted molar refractivity (Wildman–Crippen MR) is 100 cm³/mol. The zero-order chi connectivity index (χ0) is 19.1. The number of rotatable bonds is 7. The number of hydrogen-bond acceptors (Lipinski definition) is 7. The van der Waals surface area contributed by atoms with Gasteiger partial charge in [-0.25, -0.2) is 9.79 Å². The summed E-state index contributed by atoms with van der Waals surface area (Å²) in [6.07, 6.45) is 0. The summed E-state index contributed by atoms with van der Waals surface area (Å²) in [5, 5.41) is 12.3. The van der Waals surface area contributed by atoms with Gasteiger partial charge in [0.1, 0.15) is 11.8 Å². The molecule has 1 aliphatic rings. The number of benzene rings is 1. The van der Waals surface area contributed by atoms with E-state index in [2.05, 4.69) is 10.3 Å². The Morgan fingerprint density at radius 1 is 1.27 bits per heavy atom. The van der Waals surface area contributed by atoms with Crippen LogP contribution < -0.4 is 10.1 Å². The molecule has 1 atom stereocenters. The van der Waals surface area contributed by atoms with Gasteiger partial charge in [-0.2, -0.15) is 0 Å². The fourth-order valence-electron chi connectivity index (χ4n) is 2.54. The summed E-state index contributed by atoms with van der Waals surface area (Å²) in [6.45, 7) is 6.09. The van der Waals surface area contributed by atoms with Crippen LogP contribution in [0.5, 0.6) is 5.75 Å². The lowest BCUT2D eigenvalue weighted by atomic mass is 9.96. The third-order valence-electron chi connectivity index (χ3n) is 3.56. The highest BCUT2D eigenvalue weighted by molar-refractivity contribution is 8.14. The monoisotopic (exact) mass is 378 g/mol. The van der Waals surface area contributed by atoms with Gasteiger partial charge in [-0.15, -0.1) is 0 Å². The van der Waals surface area contributed by atoms with Crippen LogP contribution in [0.3, 0.4) is 0 Å². The van der Waals surface area contributed by atoms with E-state index >= 15 is 0 Å². The molecule has 26 heavy (non-hydrogen) atoms. The van der Waals surface area contributed by atoms with Gasteiger partial charge in [0.25, 0.3) is 0 Å². The predicted octanol–water partition coefficient (Wildman–Crippen LogP) is 2.74. The minimum atomic E-state index is -0.941. The minimum absolute atomic E-state index is 0.131. The van der Waals surface area contributed by atoms with Crippen molar-refractivity contribution in [3.05, 3.63) is 41.1 Å². The van der Waals surface area contributed by atoms with Gasteiger partial charge in [0.05, 0.1) is 24.5 Å². The van der Waals surface area contributed by atoms with E-state index in [-0.39, 0.29) is 12.4 Å². The smallest absolute Gasteiger partial charge is 0.338 e. The number of aliphatic imine (C=N–C) groups is 1. The van der Waals surface area contributed by atoms with Gasteiger partial charge in [-0.3, -0.25) is 4.79 Å². The largest absolute Gasteiger partial charge is 0.494 e. The van der Waals surface area contributed by atoms with Crippen molar-refractivity contribution in [1.29, 1.82) is 0 Å². The van der Waals surface area contributed by atoms with Crippen molar-refractivity contribution in [2.75, 3.05) is 19.0 Å². The van der Waals surface area contributed by atoms with Crippen LogP contribution >= 0.6 is 11.8 Å². The first-order valence-corrected chi connectivity index (χ1v) is 9.25. The summed E-state index contributed by atoms with van der Waals surface area (Å²) in [6, 6.07) is 6.72. The molecule has 1 aliphatic heterocycles. The molecule has 7 nitrogen and oxygen atoms in total. The molecule has 1 aromatic rings. The van der Waals surface area contributed by atoms with Gasteiger partial charge in [-0.1, -0.05) is 30.0 Å². The van der Waals surface area contributed by atoms with Crippen LogP contribution in [-0.4, -0.2) is 41.2 Å². The summed E-state index contributed by atoms with van der Waals surface area (Å²) >= 11 is 1.07. The van der Waals surface area contributed by atoms with E-state index in [9.17, 15) is 9.59 Å². The number of nitrogens with one attached hydrogen (secondary N) is 1. The molecule has 0 saturated carbocycles. The standard InChI is InChI=1S/C18H22N2O5S/c1-4-24-13-9-7-6-8-12(13)16-15(17(23)25-5-2)11(3)19-18(20-16)26-10-14(21)22/h6-9,16H,4-5,10H2,1-3H3,(H,19,20)(H,21,22)/t16-/m1/s1. The molecule has 1 aromatic carbocycles. The first-order chi connectivity index (χ1) is 12.5. The van der Waals surface area contributed by atoms with Crippen molar-refractivity contribution in [1.82, 2.24) is 5.32 Å². The number of carboxylic acid groups (broad SMARTS) is 1. The number of amidine groups is 1. The Bertz CT molecular complexity index is 745. The van der Waals surface area contributed by atoms with Gasteiger partial charge in [-0.05, 0) is 26.8 Å². The van der Waals surface area contributed by atoms with E-state index in [4.69, 9.17) is 14.6 Å². The van der Waals surface area contributed by atoms with Crippen molar-refractivity contribution < 1.29 is 24.2 Å². The van der Waals surface area contributed by atoms with Crippen LogP contribution in [0, 0.1) is 0 Å². The second kappa shape index (κ2) is 9.28. The summed E-state index contributed by atoms with van der Waals surface area (Å²) in [5.41, 5.74) is 1.70. The molecule has 0 saturated heterocycles. The zero-order valence-electron chi connectivity index (χ0n) is 14.9. The second-order valence-corrected chi connectivity index (χ2v) is 6.34. The zero-order valence-corrected chi connectivity index (χ0v) is 15.8. The first kappa shape index (κ1) is 19.8. The van der Waals surface area contributed by atoms with E-state index in [1.807, 2.05) is 31.2 Å². The fraction of sp³-hybridized carbons (Fsp3) is 0.389. The maximum atomic E-state index is 12.5. The Kier molecular flexibility index (Phi) is 7.08. The fourth-order valence-corrected chi connectivity index (χ4v) is 3.21. The molecule has 0 unspecified atom stereocenters. The number of allylic oxidation sites excluding steroid dienone is 1. The normalized spacial score (nSPS) is 16.6. The van der Waals surface area contributed by atoms with Crippen LogP contribution in [0.4, 0.5) is 0 Å². The van der Waals surface area contributed by atoms with Gasteiger partial charge >= 0.3 is 11.9 Å². The summed E-state index contributed by atoms with van der Waals surface area (Å²) in [7, 11) is 0. The molecular weight excluding hydrogens is 356 g/mol. The van der Waals surface area contributed by atoms with Gasteiger partial charge < -0.3 is 19.9 Å². The summed E-state index contributed by atoms with van der Waals surface area (Å²) in [4.78, 5) is 27.9. The maximum Gasteiger partial charge on any atom is 0.338 e. The first-order valence-electron chi connectivity index (χ1n) is 8.26. The van der Waals surface area contributed by atoms with Crippen molar-refractivity contribution in [3.8, 4) is 5.75 Å². The number of para-hydroxylation sites is 1. The van der Waals surface area contributed by atoms with Crippen molar-refractivity contribution >= 4 is 28.9 Å². The molecule has 0 spiro atoms. The highest BCUT2D eigenvalue weighted by atomic mass is 32.2. The van der Waals surface area contributed by atoms with E-state index < -0.39 is 18.0 Å². The molecule has 0 amide bonds. The minimum Gasteiger partial charge on any atom is -0.494 e. The number of nitrogens with zero attached hydrogens (tertiary/aromatic N) is 1. The number of carboxylic acids is 1. The molecular formula is C18H22N2O5S. The number of esters is 1. The molecule has 8 heteroatoms. The van der Waals surface area contributed by atoms with Crippen molar-refractivity contribution in [2.45, 2.75) is 26.8 Å². The van der Waals surface area contributed by atoms with Crippen molar-refractivity contribution in [3.63, 3.8) is 0 Å². The average Bonchev–Trinajstić information content (AvgIpc) is 2.60. The number of hydrogen-bond donors (Lipinski definition) is 2. The van der Waals surface area contributed by atoms with E-state index in [1.165, 1.54) is 0 Å². The third kappa shape index (κ3) is 4.78. The van der Waals surface area contributed by atoms with Crippen LogP contribution in [0.15, 0.2) is 40.5 Å². The summed E-state index contributed by atoms with van der Waals surface area (Å²) in [5.74, 6) is -0.903. The highest BCUT2D eigenvalue weighted by Crippen LogP contribution is 2.37. The Morgan fingerprint density at radius 2 is 2.00 bits per heavy atom. The lowest BCUT2D eigenvalue weighted by Gasteiger charge is -2.26.